The van der Waals surface area contributed by atoms with Gasteiger partial charge in [-0.1, -0.05) is 30.3 Å². The first-order valence-corrected chi connectivity index (χ1v) is 9.31. The van der Waals surface area contributed by atoms with Crippen molar-refractivity contribution in [1.29, 1.82) is 0 Å². The molecular formula is C21H21N3O3. The van der Waals surface area contributed by atoms with Crippen LogP contribution in [-0.4, -0.2) is 48.1 Å². The molecule has 3 aliphatic rings. The molecule has 3 atom stereocenters. The lowest BCUT2D eigenvalue weighted by Gasteiger charge is -2.29. The van der Waals surface area contributed by atoms with Crippen LogP contribution in [-0.2, 0) is 9.59 Å². The van der Waals surface area contributed by atoms with Gasteiger partial charge >= 0.3 is 0 Å². The van der Waals surface area contributed by atoms with E-state index in [4.69, 9.17) is 4.74 Å². The number of amides is 2. The summed E-state index contributed by atoms with van der Waals surface area (Å²) in [5.74, 6) is 0.0899. The van der Waals surface area contributed by atoms with Gasteiger partial charge in [-0.05, 0) is 36.2 Å². The molecule has 3 saturated heterocycles. The predicted octanol–water partition coefficient (Wildman–Crippen LogP) is 2.23. The van der Waals surface area contributed by atoms with Crippen molar-refractivity contribution in [3.8, 4) is 5.75 Å². The number of anilines is 1. The van der Waals surface area contributed by atoms with E-state index in [2.05, 4.69) is 22.2 Å². The maximum atomic E-state index is 13.4. The quantitative estimate of drug-likeness (QED) is 0.783. The fourth-order valence-electron chi connectivity index (χ4n) is 4.75. The number of carbonyl (C=O) groups is 2. The lowest BCUT2D eigenvalue weighted by Crippen LogP contribution is -2.44. The van der Waals surface area contributed by atoms with Gasteiger partial charge in [0.25, 0.3) is 5.91 Å². The zero-order valence-electron chi connectivity index (χ0n) is 15.1. The Balaban J connectivity index is 1.55. The van der Waals surface area contributed by atoms with E-state index in [1.54, 1.807) is 31.4 Å². The van der Waals surface area contributed by atoms with E-state index in [0.29, 0.717) is 11.4 Å². The summed E-state index contributed by atoms with van der Waals surface area (Å²) in [5.41, 5.74) is 1.70. The number of fused-ring (bicyclic) bond motifs is 3. The first-order valence-electron chi connectivity index (χ1n) is 9.31. The van der Waals surface area contributed by atoms with Crippen LogP contribution in [0.2, 0.25) is 0 Å². The molecule has 0 bridgehead atoms. The summed E-state index contributed by atoms with van der Waals surface area (Å²) in [4.78, 5) is 28.0. The Hall–Kier alpha value is -2.70. The van der Waals surface area contributed by atoms with Crippen molar-refractivity contribution in [3.63, 3.8) is 0 Å². The number of hydrogen-bond donors (Lipinski definition) is 0. The first-order chi connectivity index (χ1) is 13.2. The largest absolute Gasteiger partial charge is 0.497 e. The van der Waals surface area contributed by atoms with Crippen molar-refractivity contribution in [2.75, 3.05) is 25.1 Å². The molecule has 0 aromatic heterocycles. The molecule has 2 aromatic rings. The van der Waals surface area contributed by atoms with Crippen LogP contribution < -0.4 is 9.64 Å². The molecular weight excluding hydrogens is 342 g/mol. The average molecular weight is 363 g/mol. The summed E-state index contributed by atoms with van der Waals surface area (Å²) in [6, 6.07) is 16.7. The fraction of sp³-hybridized carbons (Fsp3) is 0.333. The Kier molecular flexibility index (Phi) is 3.77. The SMILES string of the molecule is COc1ccc(N2C(=O)[C@@H]3[C@@H](c4ccccc4)N4CCCN4[C@H]3C2=O)cc1. The number of ether oxygens (including phenoxy) is 1. The van der Waals surface area contributed by atoms with Gasteiger partial charge in [0, 0.05) is 13.1 Å². The number of nitrogens with zero attached hydrogens (tertiary/aromatic N) is 3. The Morgan fingerprint density at radius 3 is 2.19 bits per heavy atom. The molecule has 0 saturated carbocycles. The van der Waals surface area contributed by atoms with E-state index >= 15 is 0 Å². The minimum atomic E-state index is -0.410. The highest BCUT2D eigenvalue weighted by atomic mass is 16.5. The van der Waals surface area contributed by atoms with Gasteiger partial charge in [0.2, 0.25) is 5.91 Å². The van der Waals surface area contributed by atoms with Crippen molar-refractivity contribution in [2.45, 2.75) is 18.5 Å². The molecule has 3 heterocycles. The molecule has 3 fully saturated rings. The molecule has 5 rings (SSSR count). The predicted molar refractivity (Wildman–Crippen MR) is 100.0 cm³/mol. The molecule has 2 amide bonds. The standard InChI is InChI=1S/C21H21N3O3/c1-27-16-10-8-15(9-11-16)24-20(25)17-18(14-6-3-2-4-7-14)22-12-5-13-23(22)19(17)21(24)26/h2-4,6-11,17-19H,5,12-13H2,1H3/t17-,18-,19-/m1/s1. The molecule has 0 unspecified atom stereocenters. The van der Waals surface area contributed by atoms with Gasteiger partial charge in [-0.2, -0.15) is 0 Å². The van der Waals surface area contributed by atoms with Crippen LogP contribution in [0.5, 0.6) is 5.75 Å². The Labute approximate surface area is 157 Å². The second-order valence-corrected chi connectivity index (χ2v) is 7.22. The Morgan fingerprint density at radius 1 is 0.852 bits per heavy atom. The van der Waals surface area contributed by atoms with Crippen molar-refractivity contribution < 1.29 is 14.3 Å². The van der Waals surface area contributed by atoms with Gasteiger partial charge in [-0.15, -0.1) is 0 Å². The van der Waals surface area contributed by atoms with E-state index in [1.807, 2.05) is 18.2 Å². The van der Waals surface area contributed by atoms with E-state index in [0.717, 1.165) is 25.1 Å². The van der Waals surface area contributed by atoms with E-state index in [1.165, 1.54) is 4.90 Å². The summed E-state index contributed by atoms with van der Waals surface area (Å²) in [5, 5.41) is 4.35. The van der Waals surface area contributed by atoms with Crippen LogP contribution in [0.1, 0.15) is 18.0 Å². The minimum Gasteiger partial charge on any atom is -0.497 e. The Morgan fingerprint density at radius 2 is 1.52 bits per heavy atom. The highest BCUT2D eigenvalue weighted by molar-refractivity contribution is 6.24. The molecule has 27 heavy (non-hydrogen) atoms. The van der Waals surface area contributed by atoms with Gasteiger partial charge in [-0.25, -0.2) is 14.9 Å². The number of rotatable bonds is 3. The number of methoxy groups -OCH3 is 1. The molecule has 138 valence electrons. The van der Waals surface area contributed by atoms with E-state index < -0.39 is 6.04 Å². The summed E-state index contributed by atoms with van der Waals surface area (Å²) in [6.45, 7) is 1.70. The highest BCUT2D eigenvalue weighted by Crippen LogP contribution is 2.48. The van der Waals surface area contributed by atoms with E-state index in [9.17, 15) is 9.59 Å². The van der Waals surface area contributed by atoms with Crippen LogP contribution >= 0.6 is 0 Å². The summed E-state index contributed by atoms with van der Waals surface area (Å²) in [6.07, 6.45) is 1.01. The van der Waals surface area contributed by atoms with Gasteiger partial charge in [0.1, 0.15) is 11.8 Å². The van der Waals surface area contributed by atoms with Crippen LogP contribution in [0.4, 0.5) is 5.69 Å². The van der Waals surface area contributed by atoms with Crippen molar-refractivity contribution in [2.24, 2.45) is 5.92 Å². The lowest BCUT2D eigenvalue weighted by molar-refractivity contribution is -0.126. The number of hydrogen-bond acceptors (Lipinski definition) is 5. The van der Waals surface area contributed by atoms with Crippen LogP contribution in [0.15, 0.2) is 54.6 Å². The summed E-state index contributed by atoms with van der Waals surface area (Å²) >= 11 is 0. The van der Waals surface area contributed by atoms with Gasteiger partial charge in [0.15, 0.2) is 0 Å². The third-order valence-electron chi connectivity index (χ3n) is 5.88. The third-order valence-corrected chi connectivity index (χ3v) is 5.88. The van der Waals surface area contributed by atoms with Crippen molar-refractivity contribution >= 4 is 17.5 Å². The topological polar surface area (TPSA) is 53.1 Å². The number of carbonyl (C=O) groups excluding carboxylic acids is 2. The lowest BCUT2D eigenvalue weighted by atomic mass is 9.90. The normalized spacial score (nSPS) is 27.9. The number of imide groups is 1. The molecule has 2 aromatic carbocycles. The molecule has 0 N–H and O–H groups in total. The van der Waals surface area contributed by atoms with Gasteiger partial charge in [-0.3, -0.25) is 9.59 Å². The molecule has 0 spiro atoms. The maximum absolute atomic E-state index is 13.4. The van der Waals surface area contributed by atoms with Crippen molar-refractivity contribution in [3.05, 3.63) is 60.2 Å². The maximum Gasteiger partial charge on any atom is 0.253 e. The van der Waals surface area contributed by atoms with Crippen LogP contribution in [0, 0.1) is 5.92 Å². The summed E-state index contributed by atoms with van der Waals surface area (Å²) < 4.78 is 5.19. The second kappa shape index (κ2) is 6.18. The minimum absolute atomic E-state index is 0.0848. The zero-order chi connectivity index (χ0) is 18.5. The molecule has 6 nitrogen and oxygen atoms in total. The molecule has 0 radical (unpaired) electrons. The molecule has 3 aliphatic heterocycles. The van der Waals surface area contributed by atoms with Gasteiger partial charge < -0.3 is 4.74 Å². The second-order valence-electron chi connectivity index (χ2n) is 7.22. The molecule has 6 heteroatoms. The Bertz CT molecular complexity index is 883. The number of hydrazine groups is 1. The fourth-order valence-corrected chi connectivity index (χ4v) is 4.75. The first kappa shape index (κ1) is 16.5. The monoisotopic (exact) mass is 363 g/mol. The highest BCUT2D eigenvalue weighted by Gasteiger charge is 2.62. The average Bonchev–Trinajstić information content (AvgIpc) is 3.35. The number of benzene rings is 2. The zero-order valence-corrected chi connectivity index (χ0v) is 15.1. The summed E-state index contributed by atoms with van der Waals surface area (Å²) in [7, 11) is 1.60. The van der Waals surface area contributed by atoms with Crippen LogP contribution in [0.25, 0.3) is 0 Å². The molecule has 0 aliphatic carbocycles. The van der Waals surface area contributed by atoms with E-state index in [-0.39, 0.29) is 23.8 Å². The van der Waals surface area contributed by atoms with Crippen LogP contribution in [0.3, 0.4) is 0 Å². The van der Waals surface area contributed by atoms with Gasteiger partial charge in [0.05, 0.1) is 24.8 Å². The smallest absolute Gasteiger partial charge is 0.253 e. The van der Waals surface area contributed by atoms with Crippen molar-refractivity contribution in [1.82, 2.24) is 10.0 Å². The third kappa shape index (κ3) is 2.33.